The van der Waals surface area contributed by atoms with E-state index in [0.717, 1.165) is 10.0 Å². The van der Waals surface area contributed by atoms with Gasteiger partial charge in [0.25, 0.3) is 0 Å². The van der Waals surface area contributed by atoms with Crippen molar-refractivity contribution < 1.29 is 4.74 Å². The van der Waals surface area contributed by atoms with Gasteiger partial charge in [-0.15, -0.1) is 0 Å². The molecule has 6 heteroatoms. The van der Waals surface area contributed by atoms with Crippen molar-refractivity contribution in [1.82, 2.24) is 0 Å². The number of halogens is 1. The summed E-state index contributed by atoms with van der Waals surface area (Å²) in [5.74, 6) is 0.688. The Morgan fingerprint density at radius 3 is 2.59 bits per heavy atom. The van der Waals surface area contributed by atoms with Crippen LogP contribution in [0.1, 0.15) is 5.56 Å². The van der Waals surface area contributed by atoms with Gasteiger partial charge < -0.3 is 4.74 Å². The second-order valence-electron chi connectivity index (χ2n) is 3.08. The van der Waals surface area contributed by atoms with Gasteiger partial charge in [-0.1, -0.05) is 15.9 Å². The molecule has 1 aromatic rings. The molecule has 0 aliphatic rings. The standard InChI is InChI=1S/C11H9BrN4O/c1-7-10(16-15-9(5-13)6-14)3-8(12)4-11(7)17-2/h3-4,16H,1-2H3. The van der Waals surface area contributed by atoms with Crippen molar-refractivity contribution in [2.24, 2.45) is 5.10 Å². The molecule has 0 unspecified atom stereocenters. The number of rotatable bonds is 3. The average Bonchev–Trinajstić information content (AvgIpc) is 2.34. The smallest absolute Gasteiger partial charge is 0.237 e. The minimum atomic E-state index is -0.233. The van der Waals surface area contributed by atoms with Crippen molar-refractivity contribution in [3.05, 3.63) is 22.2 Å². The van der Waals surface area contributed by atoms with E-state index in [-0.39, 0.29) is 5.71 Å². The SMILES string of the molecule is COc1cc(Br)cc(NN=C(C#N)C#N)c1C. The van der Waals surface area contributed by atoms with Crippen LogP contribution in [0.3, 0.4) is 0 Å². The number of nitriles is 2. The number of ether oxygens (including phenoxy) is 1. The zero-order valence-corrected chi connectivity index (χ0v) is 10.9. The first-order valence-electron chi connectivity index (χ1n) is 4.60. The quantitative estimate of drug-likeness (QED) is 0.686. The van der Waals surface area contributed by atoms with E-state index in [4.69, 9.17) is 15.3 Å². The number of nitrogens with one attached hydrogen (secondary N) is 1. The molecule has 0 aromatic heterocycles. The van der Waals surface area contributed by atoms with Gasteiger partial charge in [-0.3, -0.25) is 5.43 Å². The minimum Gasteiger partial charge on any atom is -0.496 e. The van der Waals surface area contributed by atoms with E-state index in [1.807, 2.05) is 13.0 Å². The van der Waals surface area contributed by atoms with Crippen LogP contribution in [0.15, 0.2) is 21.7 Å². The number of methoxy groups -OCH3 is 1. The lowest BCUT2D eigenvalue weighted by Gasteiger charge is -2.10. The Balaban J connectivity index is 3.09. The zero-order chi connectivity index (χ0) is 12.8. The van der Waals surface area contributed by atoms with Crippen LogP contribution in [0.25, 0.3) is 0 Å². The molecule has 0 fully saturated rings. The molecule has 17 heavy (non-hydrogen) atoms. The monoisotopic (exact) mass is 292 g/mol. The van der Waals surface area contributed by atoms with Crippen LogP contribution < -0.4 is 10.2 Å². The molecule has 0 heterocycles. The maximum atomic E-state index is 8.55. The number of hydrogen-bond donors (Lipinski definition) is 1. The average molecular weight is 293 g/mol. The van der Waals surface area contributed by atoms with Crippen molar-refractivity contribution in [3.8, 4) is 17.9 Å². The minimum absolute atomic E-state index is 0.233. The Morgan fingerprint density at radius 2 is 2.06 bits per heavy atom. The second kappa shape index (κ2) is 5.88. The molecular weight excluding hydrogens is 284 g/mol. The molecular formula is C11H9BrN4O. The maximum absolute atomic E-state index is 8.55. The van der Waals surface area contributed by atoms with E-state index in [1.54, 1.807) is 25.3 Å². The highest BCUT2D eigenvalue weighted by atomic mass is 79.9. The van der Waals surface area contributed by atoms with Crippen molar-refractivity contribution in [1.29, 1.82) is 10.5 Å². The Kier molecular flexibility index (Phi) is 4.50. The summed E-state index contributed by atoms with van der Waals surface area (Å²) in [5.41, 5.74) is 3.94. The van der Waals surface area contributed by atoms with Gasteiger partial charge in [0.15, 0.2) is 0 Å². The molecule has 0 atom stereocenters. The van der Waals surface area contributed by atoms with Crippen LogP contribution in [0, 0.1) is 29.6 Å². The van der Waals surface area contributed by atoms with Gasteiger partial charge in [-0.25, -0.2) is 0 Å². The maximum Gasteiger partial charge on any atom is 0.237 e. The lowest BCUT2D eigenvalue weighted by molar-refractivity contribution is 0.411. The molecule has 0 radical (unpaired) electrons. The van der Waals surface area contributed by atoms with E-state index in [1.165, 1.54) is 0 Å². The van der Waals surface area contributed by atoms with Gasteiger partial charge in [-0.2, -0.15) is 15.6 Å². The molecule has 5 nitrogen and oxygen atoms in total. The second-order valence-corrected chi connectivity index (χ2v) is 3.99. The van der Waals surface area contributed by atoms with Crippen LogP contribution in [-0.4, -0.2) is 12.8 Å². The fourth-order valence-corrected chi connectivity index (χ4v) is 1.61. The third-order valence-electron chi connectivity index (χ3n) is 2.04. The number of nitrogens with zero attached hydrogens (tertiary/aromatic N) is 3. The lowest BCUT2D eigenvalue weighted by Crippen LogP contribution is -1.99. The van der Waals surface area contributed by atoms with Crippen LogP contribution in [0.5, 0.6) is 5.75 Å². The summed E-state index contributed by atoms with van der Waals surface area (Å²) >= 11 is 3.33. The van der Waals surface area contributed by atoms with Crippen molar-refractivity contribution in [2.75, 3.05) is 12.5 Å². The van der Waals surface area contributed by atoms with Gasteiger partial charge in [0.05, 0.1) is 12.8 Å². The van der Waals surface area contributed by atoms with Crippen LogP contribution in [-0.2, 0) is 0 Å². The molecule has 1 N–H and O–H groups in total. The van der Waals surface area contributed by atoms with Crippen molar-refractivity contribution in [3.63, 3.8) is 0 Å². The largest absolute Gasteiger partial charge is 0.496 e. The van der Waals surface area contributed by atoms with Crippen LogP contribution >= 0.6 is 15.9 Å². The van der Waals surface area contributed by atoms with Crippen molar-refractivity contribution >= 4 is 27.3 Å². The molecule has 1 aromatic carbocycles. The summed E-state index contributed by atoms with van der Waals surface area (Å²) in [5, 5.41) is 20.8. The third-order valence-corrected chi connectivity index (χ3v) is 2.50. The van der Waals surface area contributed by atoms with E-state index >= 15 is 0 Å². The van der Waals surface area contributed by atoms with E-state index in [2.05, 4.69) is 26.5 Å². The first-order chi connectivity index (χ1) is 8.12. The predicted octanol–water partition coefficient (Wildman–Crippen LogP) is 2.58. The normalized spacial score (nSPS) is 8.76. The summed E-state index contributed by atoms with van der Waals surface area (Å²) in [7, 11) is 1.57. The molecule has 0 saturated carbocycles. The Labute approximate surface area is 107 Å². The van der Waals surface area contributed by atoms with E-state index < -0.39 is 0 Å². The summed E-state index contributed by atoms with van der Waals surface area (Å²) in [6.07, 6.45) is 0. The highest BCUT2D eigenvalue weighted by Crippen LogP contribution is 2.30. The van der Waals surface area contributed by atoms with Crippen molar-refractivity contribution in [2.45, 2.75) is 6.92 Å². The molecule has 1 rings (SSSR count). The first kappa shape index (κ1) is 13.0. The Bertz CT molecular complexity index is 524. The van der Waals surface area contributed by atoms with Gasteiger partial charge in [0, 0.05) is 10.0 Å². The van der Waals surface area contributed by atoms with Gasteiger partial charge in [0.1, 0.15) is 17.9 Å². The number of hydrogen-bond acceptors (Lipinski definition) is 5. The number of anilines is 1. The summed E-state index contributed by atoms with van der Waals surface area (Å²) in [6.45, 7) is 1.85. The van der Waals surface area contributed by atoms with Crippen LogP contribution in [0.2, 0.25) is 0 Å². The predicted molar refractivity (Wildman–Crippen MR) is 67.7 cm³/mol. The molecule has 0 saturated heterocycles. The highest BCUT2D eigenvalue weighted by Gasteiger charge is 2.06. The molecule has 86 valence electrons. The summed E-state index contributed by atoms with van der Waals surface area (Å²) in [4.78, 5) is 0. The molecule has 0 bridgehead atoms. The van der Waals surface area contributed by atoms with E-state index in [0.29, 0.717) is 11.4 Å². The molecule has 0 aliphatic carbocycles. The Morgan fingerprint density at radius 1 is 1.41 bits per heavy atom. The topological polar surface area (TPSA) is 81.2 Å². The zero-order valence-electron chi connectivity index (χ0n) is 9.28. The fourth-order valence-electron chi connectivity index (χ4n) is 1.17. The number of hydrazone groups is 1. The third kappa shape index (κ3) is 3.20. The summed E-state index contributed by atoms with van der Waals surface area (Å²) in [6, 6.07) is 6.94. The van der Waals surface area contributed by atoms with Gasteiger partial charge in [0.2, 0.25) is 5.71 Å². The fraction of sp³-hybridized carbons (Fsp3) is 0.182. The molecule has 0 amide bonds. The highest BCUT2D eigenvalue weighted by molar-refractivity contribution is 9.10. The van der Waals surface area contributed by atoms with Gasteiger partial charge >= 0.3 is 0 Å². The molecule has 0 aliphatic heterocycles. The summed E-state index contributed by atoms with van der Waals surface area (Å²) < 4.78 is 5.99. The van der Waals surface area contributed by atoms with Gasteiger partial charge in [-0.05, 0) is 19.1 Å². The first-order valence-corrected chi connectivity index (χ1v) is 5.39. The number of benzene rings is 1. The molecule has 0 spiro atoms. The lowest BCUT2D eigenvalue weighted by atomic mass is 10.2. The van der Waals surface area contributed by atoms with E-state index in [9.17, 15) is 0 Å². The van der Waals surface area contributed by atoms with Crippen LogP contribution in [0.4, 0.5) is 5.69 Å². The Hall–Kier alpha value is -2.05.